The summed E-state index contributed by atoms with van der Waals surface area (Å²) in [6, 6.07) is 0. The Kier molecular flexibility index (Phi) is 8.59. The fourth-order valence-electron chi connectivity index (χ4n) is 0.909. The van der Waals surface area contributed by atoms with Gasteiger partial charge in [-0.05, 0) is 23.8 Å². The van der Waals surface area contributed by atoms with E-state index < -0.39 is 0 Å². The molecule has 0 saturated carbocycles. The number of hydrogen-bond acceptors (Lipinski definition) is 2. The number of halogens is 1. The highest BCUT2D eigenvalue weighted by Gasteiger charge is 2.24. The summed E-state index contributed by atoms with van der Waals surface area (Å²) in [5.41, 5.74) is 0. The smallest absolute Gasteiger partial charge is 0.236 e. The zero-order chi connectivity index (χ0) is 12.6. The SMILES string of the molecule is CC(C)C(C)(C)[Si]OCC(=O)CCCCBr. The van der Waals surface area contributed by atoms with Crippen LogP contribution in [0.1, 0.15) is 47.0 Å². The van der Waals surface area contributed by atoms with Crippen LogP contribution in [0.2, 0.25) is 5.04 Å². The Morgan fingerprint density at radius 3 is 2.50 bits per heavy atom. The molecule has 0 atom stereocenters. The second kappa shape index (κ2) is 8.42. The number of ketones is 1. The van der Waals surface area contributed by atoms with E-state index in [-0.39, 0.29) is 17.4 Å². The quantitative estimate of drug-likeness (QED) is 0.369. The topological polar surface area (TPSA) is 26.3 Å². The molecule has 0 aromatic carbocycles. The molecular weight excluding hydrogens is 284 g/mol. The van der Waals surface area contributed by atoms with Crippen LogP contribution in [-0.2, 0) is 9.22 Å². The van der Waals surface area contributed by atoms with Gasteiger partial charge in [0.25, 0.3) is 0 Å². The first-order chi connectivity index (χ1) is 7.40. The number of unbranched alkanes of at least 4 members (excludes halogenated alkanes) is 1. The van der Waals surface area contributed by atoms with Gasteiger partial charge in [0.05, 0.1) is 6.61 Å². The van der Waals surface area contributed by atoms with Crippen molar-refractivity contribution in [3.05, 3.63) is 0 Å². The van der Waals surface area contributed by atoms with Gasteiger partial charge in [0.15, 0.2) is 5.78 Å². The zero-order valence-corrected chi connectivity index (χ0v) is 13.4. The van der Waals surface area contributed by atoms with E-state index in [0.29, 0.717) is 22.1 Å². The standard InChI is InChI=1S/C12H23BrO2Si/c1-10(2)12(3,4)16-15-9-11(14)7-5-6-8-13/h10H,5-9H2,1-4H3. The van der Waals surface area contributed by atoms with Crippen molar-refractivity contribution in [2.75, 3.05) is 11.9 Å². The van der Waals surface area contributed by atoms with Crippen LogP contribution in [0, 0.1) is 5.92 Å². The fraction of sp³-hybridized carbons (Fsp3) is 0.917. The van der Waals surface area contributed by atoms with Gasteiger partial charge in [0.1, 0.15) is 0 Å². The van der Waals surface area contributed by atoms with Crippen molar-refractivity contribution in [1.82, 2.24) is 0 Å². The predicted molar refractivity (Wildman–Crippen MR) is 73.2 cm³/mol. The second-order valence-corrected chi connectivity index (χ2v) is 7.53. The molecule has 0 amide bonds. The normalized spacial score (nSPS) is 12.1. The fourth-order valence-corrected chi connectivity index (χ4v) is 2.15. The molecule has 0 aromatic rings. The maximum absolute atomic E-state index is 11.4. The average Bonchev–Trinajstić information content (AvgIpc) is 2.17. The summed E-state index contributed by atoms with van der Waals surface area (Å²) in [5.74, 6) is 0.808. The summed E-state index contributed by atoms with van der Waals surface area (Å²) >= 11 is 3.35. The molecule has 0 aliphatic rings. The first kappa shape index (κ1) is 16.3. The summed E-state index contributed by atoms with van der Waals surface area (Å²) in [5, 5.41) is 1.15. The van der Waals surface area contributed by atoms with Crippen LogP contribution in [0.4, 0.5) is 0 Å². The lowest BCUT2D eigenvalue weighted by atomic mass is 9.99. The third-order valence-electron chi connectivity index (χ3n) is 2.85. The molecule has 0 heterocycles. The molecule has 16 heavy (non-hydrogen) atoms. The zero-order valence-electron chi connectivity index (χ0n) is 10.8. The Morgan fingerprint density at radius 2 is 2.00 bits per heavy atom. The van der Waals surface area contributed by atoms with Crippen LogP contribution in [0.3, 0.4) is 0 Å². The monoisotopic (exact) mass is 306 g/mol. The van der Waals surface area contributed by atoms with Crippen molar-refractivity contribution in [1.29, 1.82) is 0 Å². The molecule has 0 rings (SSSR count). The lowest BCUT2D eigenvalue weighted by molar-refractivity contribution is -0.121. The molecule has 0 fully saturated rings. The molecule has 0 spiro atoms. The van der Waals surface area contributed by atoms with E-state index in [1.165, 1.54) is 0 Å². The highest BCUT2D eigenvalue weighted by Crippen LogP contribution is 2.32. The van der Waals surface area contributed by atoms with Gasteiger partial charge in [0.2, 0.25) is 9.76 Å². The summed E-state index contributed by atoms with van der Waals surface area (Å²) in [4.78, 5) is 11.4. The first-order valence-corrected chi connectivity index (χ1v) is 7.89. The third-order valence-corrected chi connectivity index (χ3v) is 4.80. The van der Waals surface area contributed by atoms with Crippen molar-refractivity contribution in [3.63, 3.8) is 0 Å². The van der Waals surface area contributed by atoms with Gasteiger partial charge >= 0.3 is 0 Å². The average molecular weight is 307 g/mol. The minimum atomic E-state index is 0.177. The van der Waals surface area contributed by atoms with Crippen LogP contribution in [0.15, 0.2) is 0 Å². The largest absolute Gasteiger partial charge is 0.410 e. The lowest BCUT2D eigenvalue weighted by Gasteiger charge is -2.26. The van der Waals surface area contributed by atoms with Crippen molar-refractivity contribution >= 4 is 31.5 Å². The molecule has 2 radical (unpaired) electrons. The Labute approximate surface area is 111 Å². The summed E-state index contributed by atoms with van der Waals surface area (Å²) < 4.78 is 5.52. The number of rotatable bonds is 9. The van der Waals surface area contributed by atoms with E-state index in [1.807, 2.05) is 0 Å². The molecule has 0 aliphatic carbocycles. The Morgan fingerprint density at radius 1 is 1.38 bits per heavy atom. The van der Waals surface area contributed by atoms with Gasteiger partial charge in [-0.25, -0.2) is 0 Å². The Hall–Kier alpha value is 0.327. The number of Topliss-reactive ketones (excluding diaryl/α,β-unsaturated/α-hetero) is 1. The van der Waals surface area contributed by atoms with Crippen molar-refractivity contribution in [2.24, 2.45) is 5.92 Å². The summed E-state index contributed by atoms with van der Waals surface area (Å²) in [6.45, 7) is 9.04. The number of carbonyl (C=O) groups is 1. The van der Waals surface area contributed by atoms with Crippen LogP contribution in [0.5, 0.6) is 0 Å². The molecule has 4 heteroatoms. The number of carbonyl (C=O) groups excluding carboxylic acids is 1. The maximum Gasteiger partial charge on any atom is 0.236 e. The van der Waals surface area contributed by atoms with Crippen molar-refractivity contribution in [2.45, 2.75) is 52.0 Å². The summed E-state index contributed by atoms with van der Waals surface area (Å²) in [6.07, 6.45) is 2.67. The molecule has 0 N–H and O–H groups in total. The predicted octanol–water partition coefficient (Wildman–Crippen LogP) is 3.61. The highest BCUT2D eigenvalue weighted by molar-refractivity contribution is 9.09. The van der Waals surface area contributed by atoms with Crippen LogP contribution in [-0.4, -0.2) is 27.5 Å². The molecule has 0 unspecified atom stereocenters. The van der Waals surface area contributed by atoms with Gasteiger partial charge in [-0.2, -0.15) is 0 Å². The van der Waals surface area contributed by atoms with Gasteiger partial charge < -0.3 is 4.43 Å². The van der Waals surface area contributed by atoms with Crippen LogP contribution < -0.4 is 0 Å². The minimum Gasteiger partial charge on any atom is -0.410 e. The molecule has 94 valence electrons. The second-order valence-electron chi connectivity index (χ2n) is 4.95. The molecular formula is C12H23BrO2Si. The van der Waals surface area contributed by atoms with E-state index in [2.05, 4.69) is 43.6 Å². The first-order valence-electron chi connectivity index (χ1n) is 5.86. The number of alkyl halides is 1. The molecule has 0 aliphatic heterocycles. The van der Waals surface area contributed by atoms with E-state index in [9.17, 15) is 4.79 Å². The van der Waals surface area contributed by atoms with Gasteiger partial charge in [0, 0.05) is 11.8 Å². The van der Waals surface area contributed by atoms with Gasteiger partial charge in [-0.15, -0.1) is 0 Å². The van der Waals surface area contributed by atoms with E-state index >= 15 is 0 Å². The third kappa shape index (κ3) is 7.58. The Bertz CT molecular complexity index is 205. The van der Waals surface area contributed by atoms with Crippen molar-refractivity contribution < 1.29 is 9.22 Å². The maximum atomic E-state index is 11.4. The number of hydrogen-bond donors (Lipinski definition) is 0. The molecule has 0 aromatic heterocycles. The van der Waals surface area contributed by atoms with E-state index in [1.54, 1.807) is 0 Å². The van der Waals surface area contributed by atoms with Gasteiger partial charge in [-0.1, -0.05) is 43.6 Å². The van der Waals surface area contributed by atoms with E-state index in [0.717, 1.165) is 18.2 Å². The van der Waals surface area contributed by atoms with Gasteiger partial charge in [-0.3, -0.25) is 4.79 Å². The van der Waals surface area contributed by atoms with Crippen LogP contribution in [0.25, 0.3) is 0 Å². The van der Waals surface area contributed by atoms with Crippen molar-refractivity contribution in [3.8, 4) is 0 Å². The molecule has 2 nitrogen and oxygen atoms in total. The van der Waals surface area contributed by atoms with Crippen LogP contribution >= 0.6 is 15.9 Å². The van der Waals surface area contributed by atoms with E-state index in [4.69, 9.17) is 4.43 Å². The Balaban J connectivity index is 3.61. The lowest BCUT2D eigenvalue weighted by Crippen LogP contribution is -2.24. The highest BCUT2D eigenvalue weighted by atomic mass is 79.9. The minimum absolute atomic E-state index is 0.177. The summed E-state index contributed by atoms with van der Waals surface area (Å²) in [7, 11) is 0.407. The molecule has 0 bridgehead atoms. The molecule has 0 saturated heterocycles.